The number of hydrogen-bond donors (Lipinski definition) is 1. The van der Waals surface area contributed by atoms with Crippen molar-refractivity contribution in [3.8, 4) is 17.0 Å². The van der Waals surface area contributed by atoms with Crippen molar-refractivity contribution in [1.29, 1.82) is 0 Å². The lowest BCUT2D eigenvalue weighted by Crippen LogP contribution is -2.57. The predicted molar refractivity (Wildman–Crippen MR) is 130 cm³/mol. The van der Waals surface area contributed by atoms with Gasteiger partial charge in [-0.1, -0.05) is 11.3 Å². The molecule has 6 rings (SSSR count). The Morgan fingerprint density at radius 3 is 2.82 bits per heavy atom. The molecule has 5 heterocycles. The molecule has 2 aliphatic heterocycles. The van der Waals surface area contributed by atoms with E-state index < -0.39 is 24.5 Å². The summed E-state index contributed by atoms with van der Waals surface area (Å²) in [6.45, 7) is 2.24. The van der Waals surface area contributed by atoms with Crippen molar-refractivity contribution in [2.24, 2.45) is 0 Å². The van der Waals surface area contributed by atoms with E-state index >= 15 is 4.39 Å². The van der Waals surface area contributed by atoms with Crippen LogP contribution in [0.5, 0.6) is 5.88 Å². The van der Waals surface area contributed by atoms with Crippen LogP contribution in [-0.2, 0) is 11.3 Å². The smallest absolute Gasteiger partial charge is 0.244 e. The third-order valence-corrected chi connectivity index (χ3v) is 7.13. The van der Waals surface area contributed by atoms with Gasteiger partial charge in [0.2, 0.25) is 18.3 Å². The van der Waals surface area contributed by atoms with Gasteiger partial charge >= 0.3 is 0 Å². The van der Waals surface area contributed by atoms with Crippen molar-refractivity contribution < 1.29 is 27.0 Å². The summed E-state index contributed by atoms with van der Waals surface area (Å²) in [6.07, 6.45) is -2.24. The van der Waals surface area contributed by atoms with Gasteiger partial charge in [-0.2, -0.15) is 4.98 Å². The van der Waals surface area contributed by atoms with Crippen LogP contribution in [0.2, 0.25) is 0 Å². The van der Waals surface area contributed by atoms with Crippen LogP contribution in [0.15, 0.2) is 24.4 Å². The fraction of sp³-hybridized carbons (Fsp3) is 0.500. The van der Waals surface area contributed by atoms with Crippen LogP contribution in [0.25, 0.3) is 27.7 Å². The summed E-state index contributed by atoms with van der Waals surface area (Å²) in [5.74, 6) is -0.362. The average Bonchev–Trinajstić information content (AvgIpc) is 3.42. The minimum atomic E-state index is -2.48. The zero-order chi connectivity index (χ0) is 26.4. The van der Waals surface area contributed by atoms with Crippen molar-refractivity contribution in [1.82, 2.24) is 34.5 Å². The number of anilines is 1. The maximum atomic E-state index is 15.3. The minimum Gasteiger partial charge on any atom is -0.479 e. The number of nitrogens with zero attached hydrogens (tertiary/aromatic N) is 7. The molecule has 38 heavy (non-hydrogen) atoms. The van der Waals surface area contributed by atoms with E-state index in [4.69, 9.17) is 9.47 Å². The van der Waals surface area contributed by atoms with Gasteiger partial charge in [-0.05, 0) is 24.1 Å². The molecule has 3 aromatic heterocycles. The summed E-state index contributed by atoms with van der Waals surface area (Å²) in [6, 6.07) is 4.71. The Labute approximate surface area is 214 Å². The number of aromatic nitrogens is 6. The van der Waals surface area contributed by atoms with Gasteiger partial charge in [0, 0.05) is 26.1 Å². The van der Waals surface area contributed by atoms with Gasteiger partial charge in [0.25, 0.3) is 0 Å². The molecule has 0 spiro atoms. The number of nitrogens with one attached hydrogen (secondary N) is 1. The van der Waals surface area contributed by atoms with E-state index in [0.29, 0.717) is 42.8 Å². The SMILES string of the molecule is COc1nc(N[C@@H]2CCN(C3COC3)C[C@H]2F)nn2cc(F)c(-c3ccc4nnn(CCC(F)F)c4c3)c12. The van der Waals surface area contributed by atoms with Crippen LogP contribution < -0.4 is 10.1 Å². The molecule has 202 valence electrons. The molecule has 4 aromatic rings. The molecule has 0 aliphatic carbocycles. The Morgan fingerprint density at radius 2 is 2.11 bits per heavy atom. The predicted octanol–water partition coefficient (Wildman–Crippen LogP) is 3.17. The first-order valence-corrected chi connectivity index (χ1v) is 12.4. The lowest BCUT2D eigenvalue weighted by atomic mass is 10.0. The molecule has 2 fully saturated rings. The van der Waals surface area contributed by atoms with Gasteiger partial charge in [-0.3, -0.25) is 4.90 Å². The highest BCUT2D eigenvalue weighted by Crippen LogP contribution is 2.35. The number of ether oxygens (including phenoxy) is 2. The second-order valence-electron chi connectivity index (χ2n) is 9.53. The van der Waals surface area contributed by atoms with E-state index in [-0.39, 0.29) is 41.9 Å². The Kier molecular flexibility index (Phi) is 6.51. The average molecular weight is 535 g/mol. The number of likely N-dealkylation sites (tertiary alicyclic amines) is 1. The summed E-state index contributed by atoms with van der Waals surface area (Å²) in [4.78, 5) is 6.50. The molecule has 2 saturated heterocycles. The summed E-state index contributed by atoms with van der Waals surface area (Å²) >= 11 is 0. The number of rotatable bonds is 8. The highest BCUT2D eigenvalue weighted by molar-refractivity contribution is 5.89. The highest BCUT2D eigenvalue weighted by Gasteiger charge is 2.36. The molecule has 14 heteroatoms. The number of benzene rings is 1. The fourth-order valence-corrected chi connectivity index (χ4v) is 5.03. The van der Waals surface area contributed by atoms with E-state index in [0.717, 1.165) is 6.54 Å². The molecule has 0 radical (unpaired) electrons. The van der Waals surface area contributed by atoms with Crippen molar-refractivity contribution >= 4 is 22.5 Å². The van der Waals surface area contributed by atoms with Crippen LogP contribution in [0, 0.1) is 5.82 Å². The number of alkyl halides is 3. The number of halogens is 4. The molecule has 1 aromatic carbocycles. The maximum absolute atomic E-state index is 15.3. The standard InChI is InChI=1S/C24H26F4N8O2/c1-37-23-22-21(13-2-3-18-19(8-13)35(33-31-18)7-5-20(27)28)16(26)10-36(22)32-24(30-23)29-17-4-6-34(9-15(17)25)14-11-38-12-14/h2-3,8,10,14-15,17,20H,4-7,9,11-12H2,1H3,(H,29,32)/t15-,17-/m1/s1. The van der Waals surface area contributed by atoms with Crippen LogP contribution in [0.4, 0.5) is 23.5 Å². The summed E-state index contributed by atoms with van der Waals surface area (Å²) in [7, 11) is 1.41. The van der Waals surface area contributed by atoms with Gasteiger partial charge in [0.1, 0.15) is 17.2 Å². The molecule has 2 atom stereocenters. The van der Waals surface area contributed by atoms with Gasteiger partial charge in [0.05, 0.1) is 49.7 Å². The lowest BCUT2D eigenvalue weighted by molar-refractivity contribution is -0.0794. The largest absolute Gasteiger partial charge is 0.479 e. The second kappa shape index (κ2) is 9.98. The maximum Gasteiger partial charge on any atom is 0.244 e. The zero-order valence-electron chi connectivity index (χ0n) is 20.5. The quantitative estimate of drug-likeness (QED) is 0.345. The zero-order valence-corrected chi connectivity index (χ0v) is 20.5. The summed E-state index contributed by atoms with van der Waals surface area (Å²) in [5.41, 5.74) is 1.90. The first kappa shape index (κ1) is 24.8. The van der Waals surface area contributed by atoms with Crippen molar-refractivity contribution in [2.75, 3.05) is 38.7 Å². The topological polar surface area (TPSA) is 94.6 Å². The molecule has 2 aliphatic rings. The second-order valence-corrected chi connectivity index (χ2v) is 9.53. The lowest BCUT2D eigenvalue weighted by Gasteiger charge is -2.42. The Bertz CT molecular complexity index is 1460. The van der Waals surface area contributed by atoms with Gasteiger partial charge in [-0.15, -0.1) is 10.2 Å². The third kappa shape index (κ3) is 4.51. The van der Waals surface area contributed by atoms with Gasteiger partial charge < -0.3 is 14.8 Å². The Balaban J connectivity index is 1.30. The molecular formula is C24H26F4N8O2. The first-order valence-electron chi connectivity index (χ1n) is 12.4. The molecule has 10 nitrogen and oxygen atoms in total. The Morgan fingerprint density at radius 1 is 1.26 bits per heavy atom. The number of hydrogen-bond acceptors (Lipinski definition) is 8. The Hall–Kier alpha value is -3.52. The first-order chi connectivity index (χ1) is 18.4. The number of fused-ring (bicyclic) bond motifs is 2. The van der Waals surface area contributed by atoms with Gasteiger partial charge in [0.15, 0.2) is 5.82 Å². The van der Waals surface area contributed by atoms with E-state index in [1.165, 1.54) is 22.5 Å². The van der Waals surface area contributed by atoms with E-state index in [2.05, 4.69) is 30.6 Å². The monoisotopic (exact) mass is 534 g/mol. The molecule has 0 amide bonds. The molecular weight excluding hydrogens is 508 g/mol. The van der Waals surface area contributed by atoms with Crippen molar-refractivity contribution in [2.45, 2.75) is 44.1 Å². The molecule has 0 saturated carbocycles. The van der Waals surface area contributed by atoms with Crippen LogP contribution >= 0.6 is 0 Å². The molecule has 0 unspecified atom stereocenters. The van der Waals surface area contributed by atoms with Crippen LogP contribution in [0.1, 0.15) is 12.8 Å². The highest BCUT2D eigenvalue weighted by atomic mass is 19.3. The number of aryl methyl sites for hydroxylation is 1. The molecule has 1 N–H and O–H groups in total. The normalized spacial score (nSPS) is 20.9. The van der Waals surface area contributed by atoms with Crippen molar-refractivity contribution in [3.63, 3.8) is 0 Å². The third-order valence-electron chi connectivity index (χ3n) is 7.13. The van der Waals surface area contributed by atoms with Gasteiger partial charge in [-0.25, -0.2) is 26.8 Å². The minimum absolute atomic E-state index is 0.0268. The van der Waals surface area contributed by atoms with E-state index in [9.17, 15) is 13.2 Å². The number of methoxy groups -OCH3 is 1. The summed E-state index contributed by atoms with van der Waals surface area (Å²) < 4.78 is 69.1. The van der Waals surface area contributed by atoms with E-state index in [1.54, 1.807) is 18.2 Å². The van der Waals surface area contributed by atoms with Crippen LogP contribution in [-0.4, -0.2) is 92.6 Å². The fourth-order valence-electron chi connectivity index (χ4n) is 5.03. The van der Waals surface area contributed by atoms with Crippen molar-refractivity contribution in [3.05, 3.63) is 30.2 Å². The van der Waals surface area contributed by atoms with Crippen LogP contribution in [0.3, 0.4) is 0 Å². The summed E-state index contributed by atoms with van der Waals surface area (Å²) in [5, 5.41) is 15.4. The number of piperidine rings is 1. The van der Waals surface area contributed by atoms with E-state index in [1.807, 2.05) is 0 Å². The molecule has 0 bridgehead atoms.